The average Bonchev–Trinajstić information content (AvgIpc) is 2.23. The molecule has 0 aliphatic heterocycles. The molecular weight excluding hydrogens is 254 g/mol. The summed E-state index contributed by atoms with van der Waals surface area (Å²) in [5, 5.41) is 13.6. The number of nitro groups is 1. The lowest BCUT2D eigenvalue weighted by Crippen LogP contribution is -2.27. The van der Waals surface area contributed by atoms with Crippen LogP contribution in [0.3, 0.4) is 0 Å². The molecule has 92 valence electrons. The molecule has 0 amide bonds. The molecule has 0 aromatic carbocycles. The van der Waals surface area contributed by atoms with Gasteiger partial charge in [-0.2, -0.15) is 0 Å². The van der Waals surface area contributed by atoms with E-state index in [1.54, 1.807) is 0 Å². The highest BCUT2D eigenvalue weighted by Crippen LogP contribution is 2.28. The second-order valence-corrected chi connectivity index (χ2v) is 3.47. The second-order valence-electron chi connectivity index (χ2n) is 3.09. The smallest absolute Gasteiger partial charge is 0.432 e. The number of halogens is 1. The van der Waals surface area contributed by atoms with Crippen LogP contribution in [0.5, 0.6) is 5.75 Å². The minimum atomic E-state index is -0.846. The molecule has 1 aromatic heterocycles. The Morgan fingerprint density at radius 3 is 2.65 bits per heavy atom. The molecule has 0 N–H and O–H groups in total. The number of aromatic nitrogens is 2. The first-order valence-corrected chi connectivity index (χ1v) is 4.74. The number of methoxy groups -OCH3 is 1. The fourth-order valence-corrected chi connectivity index (χ4v) is 1.39. The maximum atomic E-state index is 11.6. The molecule has 0 fully saturated rings. The number of ether oxygens (including phenoxy) is 1. The third kappa shape index (κ3) is 2.59. The molecule has 0 saturated carbocycles. The predicted octanol–water partition coefficient (Wildman–Crippen LogP) is 0.403. The number of Topliss-reactive ketones (excluding diaryl/α,β-unsaturated/α-hetero) is 1. The predicted molar refractivity (Wildman–Crippen MR) is 57.4 cm³/mol. The molecule has 0 unspecified atom stereocenters. The number of carbonyl (C=O) groups is 1. The van der Waals surface area contributed by atoms with E-state index >= 15 is 0 Å². The third-order valence-electron chi connectivity index (χ3n) is 1.79. The van der Waals surface area contributed by atoms with Crippen molar-refractivity contribution in [3.63, 3.8) is 0 Å². The van der Waals surface area contributed by atoms with Crippen LogP contribution in [-0.2, 0) is 11.3 Å². The normalized spacial score (nSPS) is 10.1. The van der Waals surface area contributed by atoms with Gasteiger partial charge in [0.1, 0.15) is 6.54 Å². The fraction of sp³-hybridized carbons (Fsp3) is 0.375. The Bertz CT molecular complexity index is 539. The molecule has 1 heterocycles. The van der Waals surface area contributed by atoms with Gasteiger partial charge in [0.25, 0.3) is 0 Å². The lowest BCUT2D eigenvalue weighted by atomic mass is 10.4. The van der Waals surface area contributed by atoms with Crippen LogP contribution in [0, 0.1) is 10.1 Å². The minimum absolute atomic E-state index is 0.380. The highest BCUT2D eigenvalue weighted by molar-refractivity contribution is 6.32. The summed E-state index contributed by atoms with van der Waals surface area (Å²) < 4.78 is 5.27. The largest absolute Gasteiger partial charge is 0.488 e. The van der Waals surface area contributed by atoms with Crippen LogP contribution >= 0.6 is 11.6 Å². The first-order chi connectivity index (χ1) is 7.88. The van der Waals surface area contributed by atoms with Crippen molar-refractivity contribution in [2.24, 2.45) is 0 Å². The summed E-state index contributed by atoms with van der Waals surface area (Å²) in [5.74, 6) is -1.50. The van der Waals surface area contributed by atoms with Crippen molar-refractivity contribution in [2.45, 2.75) is 13.5 Å². The molecule has 9 heteroatoms. The zero-order chi connectivity index (χ0) is 13.2. The van der Waals surface area contributed by atoms with E-state index in [2.05, 4.69) is 9.84 Å². The number of nitrogens with zero attached hydrogens (tertiary/aromatic N) is 3. The number of ketones is 1. The highest BCUT2D eigenvalue weighted by atomic mass is 35.5. The summed E-state index contributed by atoms with van der Waals surface area (Å²) in [6.07, 6.45) is 0. The van der Waals surface area contributed by atoms with Crippen molar-refractivity contribution in [3.05, 3.63) is 25.5 Å². The van der Waals surface area contributed by atoms with Crippen LogP contribution in [0.15, 0.2) is 4.79 Å². The molecule has 0 aliphatic carbocycles. The molecule has 0 atom stereocenters. The van der Waals surface area contributed by atoms with Crippen molar-refractivity contribution < 1.29 is 14.5 Å². The monoisotopic (exact) mass is 261 g/mol. The number of hydrogen-bond acceptors (Lipinski definition) is 6. The number of carbonyl (C=O) groups excluding carboxylic acids is 1. The van der Waals surface area contributed by atoms with Crippen molar-refractivity contribution in [2.75, 3.05) is 7.11 Å². The number of rotatable bonds is 4. The Balaban J connectivity index is 3.51. The van der Waals surface area contributed by atoms with Gasteiger partial charge in [0.15, 0.2) is 10.8 Å². The molecule has 0 spiro atoms. The van der Waals surface area contributed by atoms with Crippen molar-refractivity contribution in [1.82, 2.24) is 9.78 Å². The molecule has 1 rings (SSSR count). The van der Waals surface area contributed by atoms with Gasteiger partial charge in [0.2, 0.25) is 5.75 Å². The van der Waals surface area contributed by atoms with Crippen LogP contribution in [0.2, 0.25) is 5.02 Å². The van der Waals surface area contributed by atoms with Gasteiger partial charge in [-0.05, 0) is 11.8 Å². The Kier molecular flexibility index (Phi) is 3.79. The molecule has 17 heavy (non-hydrogen) atoms. The summed E-state index contributed by atoms with van der Waals surface area (Å²) in [6, 6.07) is 0. The summed E-state index contributed by atoms with van der Waals surface area (Å²) in [4.78, 5) is 32.3. The van der Waals surface area contributed by atoms with Gasteiger partial charge in [-0.1, -0.05) is 11.6 Å². The maximum absolute atomic E-state index is 11.6. The zero-order valence-corrected chi connectivity index (χ0v) is 9.72. The van der Waals surface area contributed by atoms with E-state index in [0.717, 1.165) is 7.11 Å². The molecule has 8 nitrogen and oxygen atoms in total. The lowest BCUT2D eigenvalue weighted by Gasteiger charge is -2.04. The third-order valence-corrected chi connectivity index (χ3v) is 2.12. The Labute approximate surface area is 99.9 Å². The fourth-order valence-electron chi connectivity index (χ4n) is 1.13. The molecule has 0 bridgehead atoms. The molecule has 1 aromatic rings. The van der Waals surface area contributed by atoms with E-state index in [-0.39, 0.29) is 12.3 Å². The SMILES string of the molecule is COc1c([N+](=O)[O-])nn(CC(C)=O)c(=O)c1Cl. The molecule has 0 saturated heterocycles. The highest BCUT2D eigenvalue weighted by Gasteiger charge is 2.26. The van der Waals surface area contributed by atoms with Crippen LogP contribution in [0.4, 0.5) is 5.82 Å². The Morgan fingerprint density at radius 2 is 2.24 bits per heavy atom. The molecular formula is C8H8ClN3O5. The van der Waals surface area contributed by atoms with Crippen LogP contribution in [0.1, 0.15) is 6.92 Å². The van der Waals surface area contributed by atoms with Crippen LogP contribution in [-0.4, -0.2) is 27.6 Å². The summed E-state index contributed by atoms with van der Waals surface area (Å²) in [7, 11) is 1.13. The van der Waals surface area contributed by atoms with E-state index in [1.165, 1.54) is 6.92 Å². The van der Waals surface area contributed by atoms with Gasteiger partial charge in [-0.3, -0.25) is 9.59 Å². The van der Waals surface area contributed by atoms with Crippen LogP contribution in [0.25, 0.3) is 0 Å². The summed E-state index contributed by atoms with van der Waals surface area (Å²) in [5.41, 5.74) is -0.815. The van der Waals surface area contributed by atoms with Gasteiger partial charge in [-0.15, -0.1) is 4.68 Å². The second kappa shape index (κ2) is 4.91. The molecule has 0 aliphatic rings. The molecule has 0 radical (unpaired) electrons. The Morgan fingerprint density at radius 1 is 1.65 bits per heavy atom. The summed E-state index contributed by atoms with van der Waals surface area (Å²) >= 11 is 5.62. The van der Waals surface area contributed by atoms with E-state index < -0.39 is 27.1 Å². The Hall–Kier alpha value is -1.96. The van der Waals surface area contributed by atoms with Crippen molar-refractivity contribution in [1.29, 1.82) is 0 Å². The van der Waals surface area contributed by atoms with Gasteiger partial charge in [-0.25, -0.2) is 0 Å². The standard InChI is InChI=1S/C8H8ClN3O5/c1-4(13)3-11-8(14)5(9)6(17-2)7(10-11)12(15)16/h3H2,1-2H3. The van der Waals surface area contributed by atoms with E-state index in [1.807, 2.05) is 0 Å². The first-order valence-electron chi connectivity index (χ1n) is 4.37. The van der Waals surface area contributed by atoms with E-state index in [9.17, 15) is 19.7 Å². The van der Waals surface area contributed by atoms with Gasteiger partial charge in [0, 0.05) is 0 Å². The lowest BCUT2D eigenvalue weighted by molar-refractivity contribution is -0.391. The van der Waals surface area contributed by atoms with Crippen LogP contribution < -0.4 is 10.3 Å². The first kappa shape index (κ1) is 13.1. The van der Waals surface area contributed by atoms with Crippen molar-refractivity contribution >= 4 is 23.2 Å². The van der Waals surface area contributed by atoms with Crippen molar-refractivity contribution in [3.8, 4) is 5.75 Å². The quantitative estimate of drug-likeness (QED) is 0.574. The summed E-state index contributed by atoms with van der Waals surface area (Å²) in [6.45, 7) is 0.835. The maximum Gasteiger partial charge on any atom is 0.432 e. The number of hydrogen-bond donors (Lipinski definition) is 0. The minimum Gasteiger partial charge on any atom is -0.488 e. The van der Waals surface area contributed by atoms with Gasteiger partial charge >= 0.3 is 11.4 Å². The average molecular weight is 262 g/mol. The van der Waals surface area contributed by atoms with Gasteiger partial charge in [0.05, 0.1) is 12.2 Å². The van der Waals surface area contributed by atoms with E-state index in [4.69, 9.17) is 11.6 Å². The van der Waals surface area contributed by atoms with Gasteiger partial charge < -0.3 is 14.9 Å². The zero-order valence-electron chi connectivity index (χ0n) is 8.97. The topological polar surface area (TPSA) is 104 Å². The van der Waals surface area contributed by atoms with E-state index in [0.29, 0.717) is 4.68 Å².